The van der Waals surface area contributed by atoms with Crippen LogP contribution >= 0.6 is 0 Å². The molecule has 0 saturated heterocycles. The van der Waals surface area contributed by atoms with Crippen LogP contribution in [0.4, 0.5) is 5.69 Å². The van der Waals surface area contributed by atoms with Crippen molar-refractivity contribution in [3.8, 4) is 6.07 Å². The topological polar surface area (TPSA) is 149 Å². The Morgan fingerprint density at radius 1 is 1.03 bits per heavy atom. The van der Waals surface area contributed by atoms with E-state index in [1.165, 1.54) is 37.3 Å². The fraction of sp³-hybridized carbons (Fsp3) is 0.167. The molecule has 0 spiro atoms. The van der Waals surface area contributed by atoms with Crippen LogP contribution < -0.4 is 16.4 Å². The van der Waals surface area contributed by atoms with Gasteiger partial charge in [0.1, 0.15) is 11.5 Å². The highest BCUT2D eigenvalue weighted by molar-refractivity contribution is 6.06. The predicted octanol–water partition coefficient (Wildman–Crippen LogP) is 1.99. The molecule has 168 valence electrons. The van der Waals surface area contributed by atoms with Gasteiger partial charge < -0.3 is 20.9 Å². The van der Waals surface area contributed by atoms with Crippen molar-refractivity contribution in [2.45, 2.75) is 12.8 Å². The number of esters is 2. The maximum absolute atomic E-state index is 13.0. The Balaban J connectivity index is 2.41. The Hall–Kier alpha value is -4.58. The SMILES string of the molecule is COC(=O)C1=C(C(=O)OC)N(c2ccc(C(N)=O)cc2C)C(N)=C(C#N)C1c1ccccc1. The molecule has 1 aliphatic rings. The molecule has 1 atom stereocenters. The van der Waals surface area contributed by atoms with E-state index in [1.54, 1.807) is 37.3 Å². The zero-order valence-corrected chi connectivity index (χ0v) is 18.3. The van der Waals surface area contributed by atoms with E-state index >= 15 is 0 Å². The lowest BCUT2D eigenvalue weighted by Crippen LogP contribution is -2.41. The number of primary amides is 1. The van der Waals surface area contributed by atoms with Crippen LogP contribution in [0.1, 0.15) is 27.4 Å². The number of hydrogen-bond acceptors (Lipinski definition) is 8. The van der Waals surface area contributed by atoms with Crippen LogP contribution in [0.2, 0.25) is 0 Å². The van der Waals surface area contributed by atoms with Crippen molar-refractivity contribution < 1.29 is 23.9 Å². The number of nitrogens with zero attached hydrogens (tertiary/aromatic N) is 2. The van der Waals surface area contributed by atoms with E-state index < -0.39 is 23.8 Å². The minimum Gasteiger partial charge on any atom is -0.466 e. The Morgan fingerprint density at radius 2 is 1.67 bits per heavy atom. The first-order valence-corrected chi connectivity index (χ1v) is 9.82. The summed E-state index contributed by atoms with van der Waals surface area (Å²) in [6, 6.07) is 15.3. The van der Waals surface area contributed by atoms with Crippen molar-refractivity contribution >= 4 is 23.5 Å². The number of nitrogens with two attached hydrogens (primary N) is 2. The van der Waals surface area contributed by atoms with E-state index in [0.717, 1.165) is 0 Å². The number of rotatable bonds is 5. The van der Waals surface area contributed by atoms with Crippen LogP contribution in [0.3, 0.4) is 0 Å². The highest BCUT2D eigenvalue weighted by Gasteiger charge is 2.43. The molecule has 9 nitrogen and oxygen atoms in total. The van der Waals surface area contributed by atoms with E-state index in [1.807, 2.05) is 0 Å². The summed E-state index contributed by atoms with van der Waals surface area (Å²) in [7, 11) is 2.35. The number of benzene rings is 2. The van der Waals surface area contributed by atoms with Crippen molar-refractivity contribution in [2.75, 3.05) is 19.1 Å². The first-order chi connectivity index (χ1) is 15.8. The largest absolute Gasteiger partial charge is 0.466 e. The van der Waals surface area contributed by atoms with Crippen LogP contribution in [0.5, 0.6) is 0 Å². The standard InChI is InChI=1S/C24H22N4O5/c1-13-11-15(22(27)29)9-10-17(13)28-20(24(31)33-3)19(23(30)32-2)18(16(12-25)21(28)26)14-7-5-4-6-8-14/h4-11,18H,26H2,1-3H3,(H2,27,29). The number of anilines is 1. The highest BCUT2D eigenvalue weighted by Crippen LogP contribution is 2.43. The Morgan fingerprint density at radius 3 is 2.18 bits per heavy atom. The molecule has 2 aromatic rings. The fourth-order valence-electron chi connectivity index (χ4n) is 3.82. The van der Waals surface area contributed by atoms with Crippen molar-refractivity contribution in [3.63, 3.8) is 0 Å². The van der Waals surface area contributed by atoms with Gasteiger partial charge in [0.05, 0.1) is 43.0 Å². The zero-order valence-electron chi connectivity index (χ0n) is 18.3. The maximum Gasteiger partial charge on any atom is 0.355 e. The maximum atomic E-state index is 13.0. The predicted molar refractivity (Wildman–Crippen MR) is 119 cm³/mol. The number of nitriles is 1. The minimum absolute atomic E-state index is 0.0487. The number of ether oxygens (including phenoxy) is 2. The number of methoxy groups -OCH3 is 2. The third-order valence-corrected chi connectivity index (χ3v) is 5.33. The molecule has 3 rings (SSSR count). The Bertz CT molecular complexity index is 1240. The smallest absolute Gasteiger partial charge is 0.355 e. The molecule has 0 fully saturated rings. The molecular weight excluding hydrogens is 424 g/mol. The molecule has 0 radical (unpaired) electrons. The van der Waals surface area contributed by atoms with Crippen LogP contribution in [-0.2, 0) is 19.1 Å². The second-order valence-electron chi connectivity index (χ2n) is 7.20. The average molecular weight is 446 g/mol. The van der Waals surface area contributed by atoms with Gasteiger partial charge in [-0.2, -0.15) is 5.26 Å². The second kappa shape index (κ2) is 9.28. The fourth-order valence-corrected chi connectivity index (χ4v) is 3.82. The van der Waals surface area contributed by atoms with Crippen molar-refractivity contribution in [1.29, 1.82) is 5.26 Å². The van der Waals surface area contributed by atoms with Gasteiger partial charge in [-0.15, -0.1) is 0 Å². The van der Waals surface area contributed by atoms with E-state index in [-0.39, 0.29) is 28.2 Å². The molecule has 9 heteroatoms. The minimum atomic E-state index is -0.959. The van der Waals surface area contributed by atoms with Gasteiger partial charge in [0, 0.05) is 5.56 Å². The number of carbonyl (C=O) groups excluding carboxylic acids is 3. The van der Waals surface area contributed by atoms with Crippen molar-refractivity contribution in [3.05, 3.63) is 87.9 Å². The van der Waals surface area contributed by atoms with Crippen LogP contribution in [-0.4, -0.2) is 32.1 Å². The lowest BCUT2D eigenvalue weighted by molar-refractivity contribution is -0.139. The zero-order chi connectivity index (χ0) is 24.3. The number of allylic oxidation sites excluding steroid dienone is 1. The molecule has 1 heterocycles. The Labute approximate surface area is 190 Å². The van der Waals surface area contributed by atoms with Gasteiger partial charge in [0.2, 0.25) is 5.91 Å². The molecule has 2 aromatic carbocycles. The van der Waals surface area contributed by atoms with Crippen LogP contribution in [0, 0.1) is 18.3 Å². The van der Waals surface area contributed by atoms with Crippen LogP contribution in [0.15, 0.2) is 71.2 Å². The lowest BCUT2D eigenvalue weighted by Gasteiger charge is -2.36. The quantitative estimate of drug-likeness (QED) is 0.662. The average Bonchev–Trinajstić information content (AvgIpc) is 2.82. The first-order valence-electron chi connectivity index (χ1n) is 9.82. The highest BCUT2D eigenvalue weighted by atomic mass is 16.5. The van der Waals surface area contributed by atoms with Gasteiger partial charge in [-0.3, -0.25) is 9.69 Å². The lowest BCUT2D eigenvalue weighted by atomic mass is 9.80. The summed E-state index contributed by atoms with van der Waals surface area (Å²) < 4.78 is 9.98. The molecular formula is C24H22N4O5. The molecule has 0 saturated carbocycles. The summed E-state index contributed by atoms with van der Waals surface area (Å²) in [6.45, 7) is 1.68. The van der Waals surface area contributed by atoms with Gasteiger partial charge in [0.15, 0.2) is 0 Å². The molecule has 33 heavy (non-hydrogen) atoms. The van der Waals surface area contributed by atoms with Gasteiger partial charge in [-0.1, -0.05) is 30.3 Å². The number of aryl methyl sites for hydroxylation is 1. The molecule has 4 N–H and O–H groups in total. The van der Waals surface area contributed by atoms with E-state index in [2.05, 4.69) is 6.07 Å². The van der Waals surface area contributed by atoms with Gasteiger partial charge >= 0.3 is 11.9 Å². The third kappa shape index (κ3) is 4.02. The summed E-state index contributed by atoms with van der Waals surface area (Å²) in [5.41, 5.74) is 13.3. The normalized spacial score (nSPS) is 15.7. The summed E-state index contributed by atoms with van der Waals surface area (Å²) in [6.07, 6.45) is 0. The summed E-state index contributed by atoms with van der Waals surface area (Å²) >= 11 is 0. The number of amides is 1. The van der Waals surface area contributed by atoms with Crippen molar-refractivity contribution in [2.24, 2.45) is 11.5 Å². The van der Waals surface area contributed by atoms with Crippen LogP contribution in [0.25, 0.3) is 0 Å². The van der Waals surface area contributed by atoms with E-state index in [4.69, 9.17) is 20.9 Å². The first kappa shape index (κ1) is 23.1. The van der Waals surface area contributed by atoms with Gasteiger partial charge in [0.25, 0.3) is 0 Å². The molecule has 1 unspecified atom stereocenters. The summed E-state index contributed by atoms with van der Waals surface area (Å²) in [5.74, 6) is -3.32. The number of carbonyl (C=O) groups is 3. The molecule has 1 aliphatic heterocycles. The monoisotopic (exact) mass is 446 g/mol. The van der Waals surface area contributed by atoms with E-state index in [9.17, 15) is 19.6 Å². The molecule has 0 bridgehead atoms. The second-order valence-corrected chi connectivity index (χ2v) is 7.20. The number of hydrogen-bond donors (Lipinski definition) is 2. The summed E-state index contributed by atoms with van der Waals surface area (Å²) in [5, 5.41) is 10.0. The summed E-state index contributed by atoms with van der Waals surface area (Å²) in [4.78, 5) is 38.9. The molecule has 1 amide bonds. The Kier molecular flexibility index (Phi) is 6.49. The third-order valence-electron chi connectivity index (χ3n) is 5.33. The van der Waals surface area contributed by atoms with E-state index in [0.29, 0.717) is 16.8 Å². The molecule has 0 aliphatic carbocycles. The molecule has 0 aromatic heterocycles. The van der Waals surface area contributed by atoms with Crippen molar-refractivity contribution in [1.82, 2.24) is 0 Å². The van der Waals surface area contributed by atoms with Gasteiger partial charge in [-0.05, 0) is 36.2 Å². The van der Waals surface area contributed by atoms with Gasteiger partial charge in [-0.25, -0.2) is 9.59 Å².